The van der Waals surface area contributed by atoms with E-state index in [0.717, 1.165) is 19.2 Å². The summed E-state index contributed by atoms with van der Waals surface area (Å²) in [5.41, 5.74) is -1.71. The number of methoxy groups -OCH3 is 1. The Labute approximate surface area is 172 Å². The van der Waals surface area contributed by atoms with Gasteiger partial charge in [-0.1, -0.05) is 18.7 Å². The standard InChI is InChI=1S/C21H24F3NO5/c1-12-13(2)30-16(20(3,18(12)27)19(28)29-4)9-10-17(26)25-11-14-5-7-15(8-6-14)21(22,23)24/h5-8,13,16H,1,9-11H2,2-4H3,(H,25,26)/t13-,16+,20-/m1/s1. The van der Waals surface area contributed by atoms with Crippen LogP contribution in [0.2, 0.25) is 0 Å². The van der Waals surface area contributed by atoms with Crippen molar-refractivity contribution in [3.8, 4) is 0 Å². The molecule has 9 heteroatoms. The highest BCUT2D eigenvalue weighted by atomic mass is 19.4. The Bertz CT molecular complexity index is 834. The minimum absolute atomic E-state index is 0.0445. The van der Waals surface area contributed by atoms with Gasteiger partial charge in [-0.3, -0.25) is 14.4 Å². The van der Waals surface area contributed by atoms with Crippen molar-refractivity contribution in [2.45, 2.75) is 51.6 Å². The maximum absolute atomic E-state index is 12.7. The average Bonchev–Trinajstić information content (AvgIpc) is 2.71. The molecule has 0 aromatic heterocycles. The number of esters is 1. The van der Waals surface area contributed by atoms with E-state index >= 15 is 0 Å². The smallest absolute Gasteiger partial charge is 0.416 e. The maximum Gasteiger partial charge on any atom is 0.416 e. The van der Waals surface area contributed by atoms with Crippen molar-refractivity contribution < 1.29 is 37.0 Å². The minimum atomic E-state index is -4.42. The second-order valence-electron chi connectivity index (χ2n) is 7.33. The first kappa shape index (κ1) is 23.6. The predicted octanol–water partition coefficient (Wildman–Crippen LogP) is 3.19. The SMILES string of the molecule is C=C1C(=O)[C@](C)(C(=O)OC)[C@H](CCC(=O)NCc2ccc(C(F)(F)F)cc2)O[C@@H]1C. The van der Waals surface area contributed by atoms with Crippen LogP contribution in [0.5, 0.6) is 0 Å². The average molecular weight is 427 g/mol. The van der Waals surface area contributed by atoms with Crippen LogP contribution in [0.15, 0.2) is 36.4 Å². The van der Waals surface area contributed by atoms with Crippen molar-refractivity contribution in [1.29, 1.82) is 0 Å². The Morgan fingerprint density at radius 3 is 2.40 bits per heavy atom. The molecule has 0 radical (unpaired) electrons. The van der Waals surface area contributed by atoms with E-state index in [9.17, 15) is 27.6 Å². The molecule has 1 amide bonds. The van der Waals surface area contributed by atoms with Gasteiger partial charge in [0.15, 0.2) is 11.2 Å². The molecule has 0 aliphatic carbocycles. The van der Waals surface area contributed by atoms with Crippen LogP contribution in [0, 0.1) is 5.41 Å². The van der Waals surface area contributed by atoms with Gasteiger partial charge in [0.1, 0.15) is 0 Å². The molecule has 1 N–H and O–H groups in total. The number of Topliss-reactive ketones (excluding diaryl/α,β-unsaturated/α-hetero) is 1. The van der Waals surface area contributed by atoms with Crippen LogP contribution in [-0.4, -0.2) is 37.0 Å². The fourth-order valence-electron chi connectivity index (χ4n) is 3.28. The first-order chi connectivity index (χ1) is 13.9. The summed E-state index contributed by atoms with van der Waals surface area (Å²) in [6, 6.07) is 4.46. The summed E-state index contributed by atoms with van der Waals surface area (Å²) in [4.78, 5) is 37.1. The molecule has 1 aromatic carbocycles. The van der Waals surface area contributed by atoms with E-state index in [-0.39, 0.29) is 25.0 Å². The highest BCUT2D eigenvalue weighted by Gasteiger charge is 2.54. The number of halogens is 3. The highest BCUT2D eigenvalue weighted by molar-refractivity contribution is 6.13. The summed E-state index contributed by atoms with van der Waals surface area (Å²) < 4.78 is 48.3. The third-order valence-electron chi connectivity index (χ3n) is 5.28. The van der Waals surface area contributed by atoms with Gasteiger partial charge in [-0.25, -0.2) is 0 Å². The lowest BCUT2D eigenvalue weighted by Gasteiger charge is -2.41. The molecule has 2 rings (SSSR count). The van der Waals surface area contributed by atoms with E-state index in [1.165, 1.54) is 19.1 Å². The van der Waals surface area contributed by atoms with Crippen molar-refractivity contribution in [2.75, 3.05) is 7.11 Å². The second kappa shape index (κ2) is 8.99. The zero-order valence-corrected chi connectivity index (χ0v) is 17.0. The molecule has 1 fully saturated rings. The van der Waals surface area contributed by atoms with Gasteiger partial charge in [0.2, 0.25) is 5.91 Å². The normalized spacial score (nSPS) is 24.5. The molecule has 1 saturated heterocycles. The lowest BCUT2D eigenvalue weighted by Crippen LogP contribution is -2.55. The van der Waals surface area contributed by atoms with Crippen molar-refractivity contribution >= 4 is 17.7 Å². The van der Waals surface area contributed by atoms with Gasteiger partial charge in [-0.15, -0.1) is 0 Å². The molecule has 0 saturated carbocycles. The van der Waals surface area contributed by atoms with Gasteiger partial charge in [0.05, 0.1) is 24.9 Å². The van der Waals surface area contributed by atoms with Gasteiger partial charge in [0, 0.05) is 18.5 Å². The van der Waals surface area contributed by atoms with Crippen molar-refractivity contribution in [1.82, 2.24) is 5.32 Å². The molecule has 1 heterocycles. The maximum atomic E-state index is 12.7. The molecule has 30 heavy (non-hydrogen) atoms. The van der Waals surface area contributed by atoms with Crippen molar-refractivity contribution in [3.05, 3.63) is 47.5 Å². The molecule has 1 aliphatic heterocycles. The molecule has 3 atom stereocenters. The minimum Gasteiger partial charge on any atom is -0.468 e. The molecular weight excluding hydrogens is 403 g/mol. The Hall–Kier alpha value is -2.68. The number of amides is 1. The van der Waals surface area contributed by atoms with Crippen LogP contribution in [0.1, 0.15) is 37.8 Å². The number of nitrogens with one attached hydrogen (secondary N) is 1. The highest BCUT2D eigenvalue weighted by Crippen LogP contribution is 2.39. The van der Waals surface area contributed by atoms with E-state index in [2.05, 4.69) is 11.9 Å². The summed E-state index contributed by atoms with van der Waals surface area (Å²) in [5.74, 6) is -1.64. The molecule has 0 bridgehead atoms. The summed E-state index contributed by atoms with van der Waals surface area (Å²) in [7, 11) is 1.16. The van der Waals surface area contributed by atoms with E-state index in [0.29, 0.717) is 5.56 Å². The van der Waals surface area contributed by atoms with Crippen LogP contribution in [0.25, 0.3) is 0 Å². The summed E-state index contributed by atoms with van der Waals surface area (Å²) >= 11 is 0. The van der Waals surface area contributed by atoms with Gasteiger partial charge in [-0.2, -0.15) is 13.2 Å². The quantitative estimate of drug-likeness (QED) is 0.428. The molecule has 6 nitrogen and oxygen atoms in total. The Morgan fingerprint density at radius 1 is 1.27 bits per heavy atom. The number of rotatable bonds is 6. The van der Waals surface area contributed by atoms with Crippen molar-refractivity contribution in [3.63, 3.8) is 0 Å². The summed E-state index contributed by atoms with van der Waals surface area (Å²) in [5, 5.41) is 2.60. The lowest BCUT2D eigenvalue weighted by molar-refractivity contribution is -0.175. The number of ether oxygens (including phenoxy) is 2. The molecule has 0 unspecified atom stereocenters. The van der Waals surface area contributed by atoms with Gasteiger partial charge in [-0.05, 0) is 38.0 Å². The molecule has 1 aliphatic rings. The largest absolute Gasteiger partial charge is 0.468 e. The van der Waals surface area contributed by atoms with Gasteiger partial charge >= 0.3 is 12.1 Å². The predicted molar refractivity (Wildman–Crippen MR) is 101 cm³/mol. The molecule has 0 spiro atoms. The summed E-state index contributed by atoms with van der Waals surface area (Å²) in [6.45, 7) is 6.75. The number of carbonyl (C=O) groups is 3. The molecule has 164 valence electrons. The van der Waals surface area contributed by atoms with Crippen LogP contribution in [-0.2, 0) is 36.6 Å². The first-order valence-corrected chi connectivity index (χ1v) is 9.31. The number of hydrogen-bond acceptors (Lipinski definition) is 5. The lowest BCUT2D eigenvalue weighted by atomic mass is 9.72. The third-order valence-corrected chi connectivity index (χ3v) is 5.28. The number of benzene rings is 1. The van der Waals surface area contributed by atoms with Crippen LogP contribution in [0.4, 0.5) is 13.2 Å². The monoisotopic (exact) mass is 427 g/mol. The Morgan fingerprint density at radius 2 is 1.87 bits per heavy atom. The van der Waals surface area contributed by atoms with Crippen LogP contribution in [0.3, 0.4) is 0 Å². The van der Waals surface area contributed by atoms with Crippen LogP contribution >= 0.6 is 0 Å². The zero-order chi connectivity index (χ0) is 22.7. The van der Waals surface area contributed by atoms with Crippen molar-refractivity contribution in [2.24, 2.45) is 5.41 Å². The third kappa shape index (κ3) is 4.89. The fourth-order valence-corrected chi connectivity index (χ4v) is 3.28. The second-order valence-corrected chi connectivity index (χ2v) is 7.33. The topological polar surface area (TPSA) is 81.7 Å². The number of carbonyl (C=O) groups excluding carboxylic acids is 3. The number of alkyl halides is 3. The van der Waals surface area contributed by atoms with E-state index < -0.39 is 47.0 Å². The van der Waals surface area contributed by atoms with Gasteiger partial charge in [0.25, 0.3) is 0 Å². The molecular formula is C21H24F3NO5. The number of ketones is 1. The Kier molecular flexibility index (Phi) is 7.07. The zero-order valence-electron chi connectivity index (χ0n) is 17.0. The summed E-state index contributed by atoms with van der Waals surface area (Å²) in [6.07, 6.45) is -5.88. The van der Waals surface area contributed by atoms with E-state index in [1.54, 1.807) is 6.92 Å². The Balaban J connectivity index is 1.97. The van der Waals surface area contributed by atoms with Gasteiger partial charge < -0.3 is 14.8 Å². The molecule has 1 aromatic rings. The van der Waals surface area contributed by atoms with E-state index in [4.69, 9.17) is 9.47 Å². The first-order valence-electron chi connectivity index (χ1n) is 9.31. The van der Waals surface area contributed by atoms with E-state index in [1.807, 2.05) is 0 Å². The number of hydrogen-bond donors (Lipinski definition) is 1. The van der Waals surface area contributed by atoms with Crippen LogP contribution < -0.4 is 5.32 Å². The fraction of sp³-hybridized carbons (Fsp3) is 0.476.